The summed E-state index contributed by atoms with van der Waals surface area (Å²) in [4.78, 5) is 6.83. The zero-order valence-corrected chi connectivity index (χ0v) is 12.2. The summed E-state index contributed by atoms with van der Waals surface area (Å²) in [6, 6.07) is 2.60. The van der Waals surface area contributed by atoms with Crippen LogP contribution < -0.4 is 0 Å². The number of aliphatic hydroxyl groups is 1. The van der Waals surface area contributed by atoms with Crippen LogP contribution in [-0.4, -0.2) is 39.3 Å². The molecule has 0 spiro atoms. The summed E-state index contributed by atoms with van der Waals surface area (Å²) in [5.41, 5.74) is 0.985. The average molecular weight is 293 g/mol. The van der Waals surface area contributed by atoms with Gasteiger partial charge in [-0.2, -0.15) is 16.3 Å². The molecule has 0 radical (unpaired) electrons. The first-order valence-corrected chi connectivity index (χ1v) is 8.01. The van der Waals surface area contributed by atoms with Crippen molar-refractivity contribution in [3.8, 4) is 11.5 Å². The summed E-state index contributed by atoms with van der Waals surface area (Å²) in [5, 5.41) is 17.1. The standard InChI is InChI=1S/C14H19N3O2S/c18-7-2-6-17(12-3-1-4-12)9-13-15-14(19-16-13)11-5-8-20-10-11/h5,8,10,12,18H,1-4,6-7,9H2. The van der Waals surface area contributed by atoms with Gasteiger partial charge in [0.2, 0.25) is 0 Å². The van der Waals surface area contributed by atoms with E-state index in [0.717, 1.165) is 24.4 Å². The Bertz CT molecular complexity index is 522. The van der Waals surface area contributed by atoms with E-state index >= 15 is 0 Å². The third-order valence-electron chi connectivity index (χ3n) is 3.78. The number of aliphatic hydroxyl groups excluding tert-OH is 1. The minimum atomic E-state index is 0.232. The summed E-state index contributed by atoms with van der Waals surface area (Å²) in [6.45, 7) is 1.83. The fourth-order valence-corrected chi connectivity index (χ4v) is 3.05. The molecular weight excluding hydrogens is 274 g/mol. The summed E-state index contributed by atoms with van der Waals surface area (Å²) < 4.78 is 5.32. The van der Waals surface area contributed by atoms with E-state index in [-0.39, 0.29) is 6.61 Å². The number of hydrogen-bond acceptors (Lipinski definition) is 6. The highest BCUT2D eigenvalue weighted by molar-refractivity contribution is 7.08. The van der Waals surface area contributed by atoms with Crippen LogP contribution >= 0.6 is 11.3 Å². The lowest BCUT2D eigenvalue weighted by atomic mass is 9.91. The Balaban J connectivity index is 1.65. The molecule has 0 aliphatic heterocycles. The van der Waals surface area contributed by atoms with Crippen molar-refractivity contribution < 1.29 is 9.63 Å². The molecule has 1 fully saturated rings. The van der Waals surface area contributed by atoms with Crippen molar-refractivity contribution >= 4 is 11.3 Å². The second-order valence-electron chi connectivity index (χ2n) is 5.16. The van der Waals surface area contributed by atoms with Crippen LogP contribution in [0.4, 0.5) is 0 Å². The Morgan fingerprint density at radius 1 is 1.45 bits per heavy atom. The van der Waals surface area contributed by atoms with Crippen LogP contribution in [0.3, 0.4) is 0 Å². The van der Waals surface area contributed by atoms with Gasteiger partial charge in [-0.15, -0.1) is 0 Å². The first-order chi connectivity index (χ1) is 9.86. The molecule has 6 heteroatoms. The minimum Gasteiger partial charge on any atom is -0.396 e. The lowest BCUT2D eigenvalue weighted by Gasteiger charge is -2.36. The molecule has 1 saturated carbocycles. The molecule has 1 aliphatic rings. The van der Waals surface area contributed by atoms with Gasteiger partial charge < -0.3 is 9.63 Å². The normalized spacial score (nSPS) is 15.7. The molecule has 108 valence electrons. The van der Waals surface area contributed by atoms with E-state index in [1.54, 1.807) is 11.3 Å². The smallest absolute Gasteiger partial charge is 0.258 e. The van der Waals surface area contributed by atoms with Gasteiger partial charge in [-0.1, -0.05) is 11.6 Å². The lowest BCUT2D eigenvalue weighted by Crippen LogP contribution is -2.40. The summed E-state index contributed by atoms with van der Waals surface area (Å²) >= 11 is 1.62. The quantitative estimate of drug-likeness (QED) is 0.850. The van der Waals surface area contributed by atoms with E-state index in [4.69, 9.17) is 9.63 Å². The number of thiophene rings is 1. The lowest BCUT2D eigenvalue weighted by molar-refractivity contribution is 0.105. The van der Waals surface area contributed by atoms with Crippen LogP contribution in [0.1, 0.15) is 31.5 Å². The molecule has 0 amide bonds. The molecule has 0 saturated heterocycles. The van der Waals surface area contributed by atoms with Crippen molar-refractivity contribution in [1.29, 1.82) is 0 Å². The third-order valence-corrected chi connectivity index (χ3v) is 4.46. The summed E-state index contributed by atoms with van der Waals surface area (Å²) in [7, 11) is 0. The van der Waals surface area contributed by atoms with E-state index in [2.05, 4.69) is 15.0 Å². The van der Waals surface area contributed by atoms with Crippen LogP contribution in [0.5, 0.6) is 0 Å². The molecule has 5 nitrogen and oxygen atoms in total. The van der Waals surface area contributed by atoms with Gasteiger partial charge in [0.15, 0.2) is 5.82 Å². The number of rotatable bonds is 7. The van der Waals surface area contributed by atoms with E-state index in [1.165, 1.54) is 19.3 Å². The van der Waals surface area contributed by atoms with E-state index in [9.17, 15) is 0 Å². The fourth-order valence-electron chi connectivity index (χ4n) is 2.42. The fraction of sp³-hybridized carbons (Fsp3) is 0.571. The maximum Gasteiger partial charge on any atom is 0.258 e. The zero-order chi connectivity index (χ0) is 13.8. The van der Waals surface area contributed by atoms with Gasteiger partial charge in [0, 0.05) is 24.6 Å². The molecular formula is C14H19N3O2S. The van der Waals surface area contributed by atoms with Crippen molar-refractivity contribution in [2.45, 2.75) is 38.3 Å². The number of hydrogen-bond donors (Lipinski definition) is 1. The highest BCUT2D eigenvalue weighted by Gasteiger charge is 2.25. The molecule has 0 unspecified atom stereocenters. The van der Waals surface area contributed by atoms with Gasteiger partial charge in [0.25, 0.3) is 5.89 Å². The average Bonchev–Trinajstić information content (AvgIpc) is 3.04. The monoisotopic (exact) mass is 293 g/mol. The Morgan fingerprint density at radius 3 is 3.00 bits per heavy atom. The van der Waals surface area contributed by atoms with Crippen LogP contribution in [0.25, 0.3) is 11.5 Å². The molecule has 3 rings (SSSR count). The Morgan fingerprint density at radius 2 is 2.35 bits per heavy atom. The molecule has 1 aliphatic carbocycles. The second-order valence-corrected chi connectivity index (χ2v) is 5.94. The summed E-state index contributed by atoms with van der Waals surface area (Å²) in [5.74, 6) is 1.33. The molecule has 2 aromatic rings. The summed E-state index contributed by atoms with van der Waals surface area (Å²) in [6.07, 6.45) is 4.57. The second kappa shape index (κ2) is 6.47. The predicted molar refractivity (Wildman–Crippen MR) is 77.4 cm³/mol. The SMILES string of the molecule is OCCCN(Cc1noc(-c2ccsc2)n1)C1CCC1. The first-order valence-electron chi connectivity index (χ1n) is 7.07. The van der Waals surface area contributed by atoms with Crippen molar-refractivity contribution in [3.63, 3.8) is 0 Å². The van der Waals surface area contributed by atoms with Crippen LogP contribution in [0.2, 0.25) is 0 Å². The first kappa shape index (κ1) is 13.7. The van der Waals surface area contributed by atoms with Crippen molar-refractivity contribution in [2.75, 3.05) is 13.2 Å². The largest absolute Gasteiger partial charge is 0.396 e. The Labute approximate surface area is 122 Å². The minimum absolute atomic E-state index is 0.232. The van der Waals surface area contributed by atoms with Gasteiger partial charge in [-0.05, 0) is 30.7 Å². The van der Waals surface area contributed by atoms with Crippen molar-refractivity contribution in [1.82, 2.24) is 15.0 Å². The maximum absolute atomic E-state index is 9.01. The van der Waals surface area contributed by atoms with E-state index in [0.29, 0.717) is 18.5 Å². The van der Waals surface area contributed by atoms with Crippen LogP contribution in [0.15, 0.2) is 21.3 Å². The molecule has 2 aromatic heterocycles. The topological polar surface area (TPSA) is 62.4 Å². The highest BCUT2D eigenvalue weighted by Crippen LogP contribution is 2.26. The van der Waals surface area contributed by atoms with Gasteiger partial charge in [-0.3, -0.25) is 4.90 Å². The maximum atomic E-state index is 9.01. The zero-order valence-electron chi connectivity index (χ0n) is 11.4. The third kappa shape index (κ3) is 3.08. The van der Waals surface area contributed by atoms with E-state index in [1.807, 2.05) is 16.8 Å². The Kier molecular flexibility index (Phi) is 4.44. The van der Waals surface area contributed by atoms with Gasteiger partial charge in [0.05, 0.1) is 12.1 Å². The predicted octanol–water partition coefficient (Wildman–Crippen LogP) is 2.54. The molecule has 0 aromatic carbocycles. The van der Waals surface area contributed by atoms with E-state index < -0.39 is 0 Å². The molecule has 20 heavy (non-hydrogen) atoms. The molecule has 1 N–H and O–H groups in total. The molecule has 2 heterocycles. The van der Waals surface area contributed by atoms with Crippen LogP contribution in [0, 0.1) is 0 Å². The van der Waals surface area contributed by atoms with Crippen LogP contribution in [-0.2, 0) is 6.54 Å². The van der Waals surface area contributed by atoms with Gasteiger partial charge in [-0.25, -0.2) is 0 Å². The van der Waals surface area contributed by atoms with Gasteiger partial charge >= 0.3 is 0 Å². The molecule has 0 bridgehead atoms. The number of nitrogens with zero attached hydrogens (tertiary/aromatic N) is 3. The number of aromatic nitrogens is 2. The molecule has 0 atom stereocenters. The van der Waals surface area contributed by atoms with Gasteiger partial charge in [0.1, 0.15) is 0 Å². The van der Waals surface area contributed by atoms with Crippen molar-refractivity contribution in [3.05, 3.63) is 22.7 Å². The Hall–Kier alpha value is -1.24. The van der Waals surface area contributed by atoms with Crippen molar-refractivity contribution in [2.24, 2.45) is 0 Å². The highest BCUT2D eigenvalue weighted by atomic mass is 32.1.